The van der Waals surface area contributed by atoms with E-state index in [0.717, 1.165) is 24.0 Å². The highest BCUT2D eigenvalue weighted by Crippen LogP contribution is 2.24. The number of ether oxygens (including phenoxy) is 1. The average Bonchev–Trinajstić information content (AvgIpc) is 3.01. The minimum absolute atomic E-state index is 0.612. The average molecular weight is 222 g/mol. The van der Waals surface area contributed by atoms with Gasteiger partial charge in [-0.2, -0.15) is 0 Å². The molecule has 16 heavy (non-hydrogen) atoms. The van der Waals surface area contributed by atoms with Gasteiger partial charge in [0.15, 0.2) is 0 Å². The van der Waals surface area contributed by atoms with E-state index in [9.17, 15) is 0 Å². The first-order valence-corrected chi connectivity index (χ1v) is 5.63. The number of aryl methyl sites for hydroxylation is 1. The van der Waals surface area contributed by atoms with Crippen LogP contribution in [0.15, 0.2) is 6.07 Å². The summed E-state index contributed by atoms with van der Waals surface area (Å²) in [4.78, 5) is 8.66. The third-order valence-electron chi connectivity index (χ3n) is 2.38. The van der Waals surface area contributed by atoms with Gasteiger partial charge in [-0.1, -0.05) is 0 Å². The molecule has 2 N–H and O–H groups in total. The fourth-order valence-electron chi connectivity index (χ4n) is 1.45. The summed E-state index contributed by atoms with van der Waals surface area (Å²) < 4.78 is 4.98. The molecule has 1 aromatic rings. The van der Waals surface area contributed by atoms with Crippen molar-refractivity contribution in [3.63, 3.8) is 0 Å². The maximum absolute atomic E-state index is 4.98. The van der Waals surface area contributed by atoms with Crippen molar-refractivity contribution in [2.24, 2.45) is 0 Å². The second-order valence-corrected chi connectivity index (χ2v) is 4.02. The van der Waals surface area contributed by atoms with E-state index in [1.54, 1.807) is 7.11 Å². The molecule has 0 saturated heterocycles. The maximum Gasteiger partial charge on any atom is 0.132 e. The fourth-order valence-corrected chi connectivity index (χ4v) is 1.45. The monoisotopic (exact) mass is 222 g/mol. The Morgan fingerprint density at radius 3 is 2.81 bits per heavy atom. The molecule has 0 unspecified atom stereocenters. The molecule has 88 valence electrons. The van der Waals surface area contributed by atoms with Crippen LogP contribution in [0.4, 0.5) is 11.6 Å². The predicted molar refractivity (Wildman–Crippen MR) is 63.8 cm³/mol. The summed E-state index contributed by atoms with van der Waals surface area (Å²) in [7, 11) is 1.69. The summed E-state index contributed by atoms with van der Waals surface area (Å²) in [5, 5.41) is 6.57. The Balaban J connectivity index is 1.96. The SMILES string of the molecule is COCCNc1cc(NC2CC2)nc(C)n1. The van der Waals surface area contributed by atoms with Gasteiger partial charge in [0.1, 0.15) is 17.5 Å². The van der Waals surface area contributed by atoms with Gasteiger partial charge < -0.3 is 15.4 Å². The lowest BCUT2D eigenvalue weighted by Crippen LogP contribution is -2.11. The molecule has 0 atom stereocenters. The molecule has 2 rings (SSSR count). The summed E-state index contributed by atoms with van der Waals surface area (Å²) in [6, 6.07) is 2.56. The highest BCUT2D eigenvalue weighted by molar-refractivity contribution is 5.48. The Labute approximate surface area is 95.6 Å². The molecule has 0 bridgehead atoms. The van der Waals surface area contributed by atoms with E-state index >= 15 is 0 Å². The van der Waals surface area contributed by atoms with Gasteiger partial charge in [-0.05, 0) is 19.8 Å². The Morgan fingerprint density at radius 1 is 1.38 bits per heavy atom. The summed E-state index contributed by atoms with van der Waals surface area (Å²) >= 11 is 0. The molecule has 5 nitrogen and oxygen atoms in total. The zero-order chi connectivity index (χ0) is 11.4. The molecule has 0 amide bonds. The number of aromatic nitrogens is 2. The molecule has 0 spiro atoms. The Hall–Kier alpha value is -1.36. The summed E-state index contributed by atoms with van der Waals surface area (Å²) in [5.74, 6) is 2.55. The minimum atomic E-state index is 0.612. The van der Waals surface area contributed by atoms with Gasteiger partial charge >= 0.3 is 0 Å². The molecule has 1 aromatic heterocycles. The van der Waals surface area contributed by atoms with Crippen LogP contribution < -0.4 is 10.6 Å². The van der Waals surface area contributed by atoms with Gasteiger partial charge in [-0.25, -0.2) is 9.97 Å². The predicted octanol–water partition coefficient (Wildman–Crippen LogP) is 1.42. The molecule has 1 saturated carbocycles. The third-order valence-corrected chi connectivity index (χ3v) is 2.38. The quantitative estimate of drug-likeness (QED) is 0.713. The van der Waals surface area contributed by atoms with E-state index in [4.69, 9.17) is 4.74 Å². The van der Waals surface area contributed by atoms with Crippen molar-refractivity contribution in [1.82, 2.24) is 9.97 Å². The van der Waals surface area contributed by atoms with E-state index in [1.165, 1.54) is 12.8 Å². The number of hydrogen-bond acceptors (Lipinski definition) is 5. The zero-order valence-corrected chi connectivity index (χ0v) is 9.79. The van der Waals surface area contributed by atoms with Gasteiger partial charge in [0.25, 0.3) is 0 Å². The lowest BCUT2D eigenvalue weighted by Gasteiger charge is -2.09. The highest BCUT2D eigenvalue weighted by Gasteiger charge is 2.21. The Bertz CT molecular complexity index is 352. The van der Waals surface area contributed by atoms with E-state index in [0.29, 0.717) is 12.6 Å². The van der Waals surface area contributed by atoms with E-state index in [-0.39, 0.29) is 0 Å². The topological polar surface area (TPSA) is 59.1 Å². The van der Waals surface area contributed by atoms with Gasteiger partial charge in [-0.3, -0.25) is 0 Å². The number of methoxy groups -OCH3 is 1. The van der Waals surface area contributed by atoms with Crippen LogP contribution in [-0.2, 0) is 4.74 Å². The highest BCUT2D eigenvalue weighted by atomic mass is 16.5. The van der Waals surface area contributed by atoms with Crippen LogP contribution in [0.3, 0.4) is 0 Å². The smallest absolute Gasteiger partial charge is 0.132 e. The first-order valence-electron chi connectivity index (χ1n) is 5.63. The zero-order valence-electron chi connectivity index (χ0n) is 9.79. The number of rotatable bonds is 6. The van der Waals surface area contributed by atoms with Crippen LogP contribution in [0.1, 0.15) is 18.7 Å². The van der Waals surface area contributed by atoms with Gasteiger partial charge in [0.05, 0.1) is 6.61 Å². The Kier molecular flexibility index (Phi) is 3.56. The van der Waals surface area contributed by atoms with Crippen molar-refractivity contribution in [2.45, 2.75) is 25.8 Å². The maximum atomic E-state index is 4.98. The molecule has 5 heteroatoms. The second kappa shape index (κ2) is 5.12. The van der Waals surface area contributed by atoms with Crippen molar-refractivity contribution in [1.29, 1.82) is 0 Å². The Morgan fingerprint density at radius 2 is 2.12 bits per heavy atom. The summed E-state index contributed by atoms with van der Waals surface area (Å²) in [6.45, 7) is 3.34. The van der Waals surface area contributed by atoms with Crippen molar-refractivity contribution in [3.8, 4) is 0 Å². The summed E-state index contributed by atoms with van der Waals surface area (Å²) in [6.07, 6.45) is 2.49. The van der Waals surface area contributed by atoms with Crippen LogP contribution >= 0.6 is 0 Å². The van der Waals surface area contributed by atoms with Crippen molar-refractivity contribution in [2.75, 3.05) is 30.9 Å². The lowest BCUT2D eigenvalue weighted by atomic mass is 10.4. The minimum Gasteiger partial charge on any atom is -0.383 e. The van der Waals surface area contributed by atoms with Gasteiger partial charge in [0, 0.05) is 25.8 Å². The standard InChI is InChI=1S/C11H18N4O/c1-8-13-10(12-5-6-16-2)7-11(14-8)15-9-3-4-9/h7,9H,3-6H2,1-2H3,(H2,12,13,14,15). The van der Waals surface area contributed by atoms with E-state index < -0.39 is 0 Å². The molecule has 1 aliphatic carbocycles. The van der Waals surface area contributed by atoms with Crippen molar-refractivity contribution < 1.29 is 4.74 Å². The molecule has 0 radical (unpaired) electrons. The summed E-state index contributed by atoms with van der Waals surface area (Å²) in [5.41, 5.74) is 0. The number of nitrogens with one attached hydrogen (secondary N) is 2. The van der Waals surface area contributed by atoms with Crippen molar-refractivity contribution in [3.05, 3.63) is 11.9 Å². The lowest BCUT2D eigenvalue weighted by molar-refractivity contribution is 0.210. The van der Waals surface area contributed by atoms with Gasteiger partial charge in [0.2, 0.25) is 0 Å². The second-order valence-electron chi connectivity index (χ2n) is 4.02. The van der Waals surface area contributed by atoms with Gasteiger partial charge in [-0.15, -0.1) is 0 Å². The molecular weight excluding hydrogens is 204 g/mol. The van der Waals surface area contributed by atoms with Crippen LogP contribution in [0.5, 0.6) is 0 Å². The first-order chi connectivity index (χ1) is 7.78. The van der Waals surface area contributed by atoms with Crippen molar-refractivity contribution >= 4 is 11.6 Å². The normalized spacial score (nSPS) is 14.9. The first kappa shape index (κ1) is 11.1. The molecule has 1 heterocycles. The third kappa shape index (κ3) is 3.34. The number of hydrogen-bond donors (Lipinski definition) is 2. The molecule has 0 aromatic carbocycles. The van der Waals surface area contributed by atoms with Crippen LogP contribution in [0.25, 0.3) is 0 Å². The van der Waals surface area contributed by atoms with Crippen LogP contribution in [-0.4, -0.2) is 36.3 Å². The van der Waals surface area contributed by atoms with E-state index in [2.05, 4.69) is 20.6 Å². The van der Waals surface area contributed by atoms with Crippen LogP contribution in [0.2, 0.25) is 0 Å². The molecular formula is C11H18N4O. The number of nitrogens with zero attached hydrogens (tertiary/aromatic N) is 2. The van der Waals surface area contributed by atoms with E-state index in [1.807, 2.05) is 13.0 Å². The molecule has 0 aliphatic heterocycles. The molecule has 1 fully saturated rings. The number of anilines is 2. The largest absolute Gasteiger partial charge is 0.383 e. The fraction of sp³-hybridized carbons (Fsp3) is 0.636. The van der Waals surface area contributed by atoms with Crippen LogP contribution in [0, 0.1) is 6.92 Å². The molecule has 1 aliphatic rings.